The molecule has 0 spiro atoms. The summed E-state index contributed by atoms with van der Waals surface area (Å²) in [7, 11) is 3.29. The van der Waals surface area contributed by atoms with Crippen LogP contribution in [-0.4, -0.2) is 20.1 Å². The zero-order chi connectivity index (χ0) is 23.3. The van der Waals surface area contributed by atoms with E-state index in [1.165, 1.54) is 0 Å². The smallest absolute Gasteiger partial charge is 0.229 e. The number of amides is 1. The van der Waals surface area contributed by atoms with Crippen LogP contribution in [0.4, 0.5) is 11.4 Å². The number of rotatable bonds is 3. The number of carbonyl (C=O) groups excluding carboxylic acids is 1. The highest BCUT2D eigenvalue weighted by atomic mass is 16.5. The van der Waals surface area contributed by atoms with Crippen LogP contribution in [0.15, 0.2) is 72.8 Å². The number of hydrogen-bond donors (Lipinski definition) is 2. The minimum Gasteiger partial charge on any atom is -0.496 e. The largest absolute Gasteiger partial charge is 0.496 e. The number of carbonyl (C=O) groups is 1. The second kappa shape index (κ2) is 9.60. The van der Waals surface area contributed by atoms with Gasteiger partial charge in [-0.25, -0.2) is 0 Å². The van der Waals surface area contributed by atoms with Gasteiger partial charge >= 0.3 is 0 Å². The lowest BCUT2D eigenvalue weighted by Crippen LogP contribution is -2.27. The molecule has 0 bridgehead atoms. The number of methoxy groups -OCH3 is 2. The third kappa shape index (κ3) is 5.30. The molecule has 1 amide bonds. The number of anilines is 2. The quantitative estimate of drug-likeness (QED) is 0.376. The molecule has 0 fully saturated rings. The lowest BCUT2D eigenvalue weighted by Gasteiger charge is -2.18. The maximum Gasteiger partial charge on any atom is 0.229 e. The Morgan fingerprint density at radius 3 is 1.81 bits per heavy atom. The highest BCUT2D eigenvalue weighted by Crippen LogP contribution is 2.31. The van der Waals surface area contributed by atoms with Crippen LogP contribution in [0.1, 0.15) is 20.8 Å². The fraction of sp³-hybridized carbons (Fsp3) is 0.222. The summed E-state index contributed by atoms with van der Waals surface area (Å²) in [5.41, 5.74) is 6.79. The molecule has 0 unspecified atom stereocenters. The van der Waals surface area contributed by atoms with Crippen molar-refractivity contribution < 1.29 is 14.3 Å². The van der Waals surface area contributed by atoms with Crippen LogP contribution in [0.5, 0.6) is 11.5 Å². The normalized spacial score (nSPS) is 10.9. The monoisotopic (exact) mass is 430 g/mol. The summed E-state index contributed by atoms with van der Waals surface area (Å²) in [6, 6.07) is 23.6. The van der Waals surface area contributed by atoms with Gasteiger partial charge in [0.05, 0.1) is 14.2 Å². The maximum absolute atomic E-state index is 12.0. The van der Waals surface area contributed by atoms with Crippen molar-refractivity contribution in [3.05, 3.63) is 72.8 Å². The zero-order valence-electron chi connectivity index (χ0n) is 19.2. The van der Waals surface area contributed by atoms with E-state index in [0.29, 0.717) is 0 Å². The van der Waals surface area contributed by atoms with Gasteiger partial charge in [-0.05, 0) is 22.9 Å². The Balaban J connectivity index is 0.000000193. The molecule has 4 rings (SSSR count). The molecular weight excluding hydrogens is 400 g/mol. The Kier molecular flexibility index (Phi) is 6.89. The lowest BCUT2D eigenvalue weighted by molar-refractivity contribution is -0.123. The molecule has 5 nitrogen and oxygen atoms in total. The zero-order valence-corrected chi connectivity index (χ0v) is 19.2. The lowest BCUT2D eigenvalue weighted by atomic mass is 9.95. The average Bonchev–Trinajstić information content (AvgIpc) is 2.77. The van der Waals surface area contributed by atoms with Gasteiger partial charge in [0.2, 0.25) is 5.91 Å². The third-order valence-electron chi connectivity index (χ3n) is 5.05. The van der Waals surface area contributed by atoms with Crippen molar-refractivity contribution in [2.75, 3.05) is 25.3 Å². The Morgan fingerprint density at radius 1 is 0.781 bits per heavy atom. The molecule has 0 aliphatic carbocycles. The number of nitrogen functional groups attached to an aromatic ring is 1. The highest BCUT2D eigenvalue weighted by Gasteiger charge is 2.21. The van der Waals surface area contributed by atoms with E-state index in [4.69, 9.17) is 15.2 Å². The number of fused-ring (bicyclic) bond motifs is 2. The van der Waals surface area contributed by atoms with Crippen molar-refractivity contribution in [2.45, 2.75) is 20.8 Å². The molecule has 0 aliphatic rings. The molecule has 3 N–H and O–H groups in total. The molecule has 32 heavy (non-hydrogen) atoms. The van der Waals surface area contributed by atoms with Gasteiger partial charge < -0.3 is 20.5 Å². The Morgan fingerprint density at radius 2 is 1.28 bits per heavy atom. The van der Waals surface area contributed by atoms with E-state index >= 15 is 0 Å². The fourth-order valence-electron chi connectivity index (χ4n) is 3.30. The van der Waals surface area contributed by atoms with E-state index in [-0.39, 0.29) is 5.91 Å². The van der Waals surface area contributed by atoms with Crippen molar-refractivity contribution in [3.63, 3.8) is 0 Å². The van der Waals surface area contributed by atoms with Crippen molar-refractivity contribution in [2.24, 2.45) is 5.41 Å². The average molecular weight is 431 g/mol. The summed E-state index contributed by atoms with van der Waals surface area (Å²) in [6.07, 6.45) is 0. The van der Waals surface area contributed by atoms with Gasteiger partial charge in [-0.15, -0.1) is 0 Å². The van der Waals surface area contributed by atoms with E-state index in [1.54, 1.807) is 14.2 Å². The first-order valence-electron chi connectivity index (χ1n) is 10.4. The number of hydrogen-bond acceptors (Lipinski definition) is 4. The Bertz CT molecular complexity index is 1240. The Labute approximate surface area is 189 Å². The number of ether oxygens (including phenoxy) is 2. The molecule has 0 saturated heterocycles. The molecular formula is C27H30N2O3. The van der Waals surface area contributed by atoms with Crippen LogP contribution in [0.3, 0.4) is 0 Å². The molecule has 0 heterocycles. The Hall–Kier alpha value is -3.73. The predicted molar refractivity (Wildman–Crippen MR) is 133 cm³/mol. The highest BCUT2D eigenvalue weighted by molar-refractivity contribution is 5.99. The molecule has 0 radical (unpaired) electrons. The summed E-state index contributed by atoms with van der Waals surface area (Å²) in [6.45, 7) is 5.67. The standard InChI is InChI=1S/C16H19NO2.C11H11NO/c1-16(2,3)15(18)17-12-9-11-7-5-6-8-13(11)14(10-12)19-4;1-13-11-7-9(12)6-8-4-2-3-5-10(8)11/h5-10H,1-4H3,(H,17,18);2-7H,12H2,1H3. The second-order valence-corrected chi connectivity index (χ2v) is 8.55. The maximum atomic E-state index is 12.0. The first kappa shape index (κ1) is 22.9. The summed E-state index contributed by atoms with van der Waals surface area (Å²) >= 11 is 0. The predicted octanol–water partition coefficient (Wildman–Crippen LogP) is 6.26. The van der Waals surface area contributed by atoms with Crippen LogP contribution >= 0.6 is 0 Å². The molecule has 0 saturated carbocycles. The van der Waals surface area contributed by atoms with Crippen molar-refractivity contribution in [3.8, 4) is 11.5 Å². The van der Waals surface area contributed by atoms with Gasteiger partial charge in [0.1, 0.15) is 11.5 Å². The second-order valence-electron chi connectivity index (χ2n) is 8.55. The number of nitrogens with one attached hydrogen (secondary N) is 1. The van der Waals surface area contributed by atoms with Gasteiger partial charge in [0.25, 0.3) is 0 Å². The molecule has 4 aromatic carbocycles. The van der Waals surface area contributed by atoms with Gasteiger partial charge in [-0.3, -0.25) is 4.79 Å². The minimum atomic E-state index is -0.418. The van der Waals surface area contributed by atoms with E-state index in [9.17, 15) is 4.79 Å². The fourth-order valence-corrected chi connectivity index (χ4v) is 3.30. The van der Waals surface area contributed by atoms with Crippen molar-refractivity contribution in [1.29, 1.82) is 0 Å². The summed E-state index contributed by atoms with van der Waals surface area (Å²) < 4.78 is 10.6. The van der Waals surface area contributed by atoms with E-state index in [2.05, 4.69) is 5.32 Å². The van der Waals surface area contributed by atoms with Crippen molar-refractivity contribution >= 4 is 38.8 Å². The van der Waals surface area contributed by atoms with Gasteiger partial charge in [-0.2, -0.15) is 0 Å². The summed E-state index contributed by atoms with van der Waals surface area (Å²) in [5.74, 6) is 1.59. The SMILES string of the molecule is COc1cc(N)cc2ccccc12.COc1cc(NC(=O)C(C)(C)C)cc2ccccc12. The van der Waals surface area contributed by atoms with Crippen LogP contribution in [-0.2, 0) is 4.79 Å². The van der Waals surface area contributed by atoms with Crippen LogP contribution < -0.4 is 20.5 Å². The van der Waals surface area contributed by atoms with Gasteiger partial charge in [0.15, 0.2) is 0 Å². The number of benzene rings is 4. The van der Waals surface area contributed by atoms with Crippen LogP contribution in [0, 0.1) is 5.41 Å². The minimum absolute atomic E-state index is 0.00941. The number of nitrogens with two attached hydrogens (primary N) is 1. The molecule has 0 aliphatic heterocycles. The summed E-state index contributed by atoms with van der Waals surface area (Å²) in [4.78, 5) is 12.0. The topological polar surface area (TPSA) is 73.6 Å². The van der Waals surface area contributed by atoms with E-state index in [1.807, 2.05) is 93.6 Å². The molecule has 5 heteroatoms. The summed E-state index contributed by atoms with van der Waals surface area (Å²) in [5, 5.41) is 7.22. The van der Waals surface area contributed by atoms with Gasteiger partial charge in [0, 0.05) is 39.7 Å². The van der Waals surface area contributed by atoms with Crippen LogP contribution in [0.25, 0.3) is 21.5 Å². The molecule has 0 aromatic heterocycles. The first-order valence-corrected chi connectivity index (χ1v) is 10.4. The molecule has 166 valence electrons. The van der Waals surface area contributed by atoms with Crippen LogP contribution in [0.2, 0.25) is 0 Å². The van der Waals surface area contributed by atoms with E-state index in [0.717, 1.165) is 44.4 Å². The van der Waals surface area contributed by atoms with E-state index < -0.39 is 5.41 Å². The van der Waals surface area contributed by atoms with Crippen molar-refractivity contribution in [1.82, 2.24) is 0 Å². The third-order valence-corrected chi connectivity index (χ3v) is 5.05. The van der Waals surface area contributed by atoms with Gasteiger partial charge in [-0.1, -0.05) is 69.3 Å². The molecule has 0 atom stereocenters. The first-order chi connectivity index (χ1) is 15.2. The molecule has 4 aromatic rings.